The summed E-state index contributed by atoms with van der Waals surface area (Å²) >= 11 is 1.69. The number of hydrogen-bond acceptors (Lipinski definition) is 5. The molecule has 3 aliphatic rings. The minimum absolute atomic E-state index is 0.0360. The average Bonchev–Trinajstić information content (AvgIpc) is 3.11. The number of aromatic nitrogens is 1. The number of carbonyl (C=O) groups excluding carboxylic acids is 1. The van der Waals surface area contributed by atoms with Crippen molar-refractivity contribution in [2.75, 3.05) is 33.2 Å². The van der Waals surface area contributed by atoms with Crippen molar-refractivity contribution in [1.82, 2.24) is 19.7 Å². The molecule has 1 amide bonds. The van der Waals surface area contributed by atoms with E-state index in [2.05, 4.69) is 46.1 Å². The van der Waals surface area contributed by atoms with Gasteiger partial charge in [0.1, 0.15) is 0 Å². The Kier molecular flexibility index (Phi) is 4.89. The first kappa shape index (κ1) is 19.0. The third kappa shape index (κ3) is 3.64. The molecule has 1 aromatic carbocycles. The Bertz CT molecular complexity index is 1160. The zero-order chi connectivity index (χ0) is 20.7. The van der Waals surface area contributed by atoms with Crippen LogP contribution in [0.1, 0.15) is 10.6 Å². The van der Waals surface area contributed by atoms with E-state index in [0.717, 1.165) is 59.2 Å². The molecule has 0 unspecified atom stereocenters. The number of benzene rings is 1. The lowest BCUT2D eigenvalue weighted by Crippen LogP contribution is -2.44. The number of aryl methyl sites for hydroxylation is 1. The number of carbonyl (C=O) groups is 1. The highest BCUT2D eigenvalue weighted by Crippen LogP contribution is 2.28. The molecule has 1 saturated heterocycles. The van der Waals surface area contributed by atoms with Crippen LogP contribution in [-0.4, -0.2) is 58.8 Å². The van der Waals surface area contributed by atoms with Gasteiger partial charge in [0.25, 0.3) is 5.91 Å². The molecule has 30 heavy (non-hydrogen) atoms. The van der Waals surface area contributed by atoms with Crippen LogP contribution in [0.5, 0.6) is 0 Å². The second kappa shape index (κ2) is 7.70. The predicted octanol–water partition coefficient (Wildman–Crippen LogP) is 3.93. The monoisotopic (exact) mass is 416 g/mol. The molecule has 2 aromatic rings. The van der Waals surface area contributed by atoms with E-state index in [4.69, 9.17) is 0 Å². The van der Waals surface area contributed by atoms with Crippen LogP contribution in [0.2, 0.25) is 0 Å². The number of hydrogen-bond donors (Lipinski definition) is 0. The molecule has 0 saturated carbocycles. The first-order valence-corrected chi connectivity index (χ1v) is 11.0. The van der Waals surface area contributed by atoms with Gasteiger partial charge in [-0.25, -0.2) is 4.98 Å². The molecule has 5 nitrogen and oxygen atoms in total. The van der Waals surface area contributed by atoms with Gasteiger partial charge in [-0.15, -0.1) is 11.3 Å². The van der Waals surface area contributed by atoms with Gasteiger partial charge in [0.2, 0.25) is 0 Å². The van der Waals surface area contributed by atoms with Gasteiger partial charge in [-0.2, -0.15) is 0 Å². The molecule has 1 fully saturated rings. The number of allylic oxidation sites excluding steroid dienone is 6. The van der Waals surface area contributed by atoms with Gasteiger partial charge in [-0.3, -0.25) is 9.69 Å². The van der Waals surface area contributed by atoms with E-state index in [-0.39, 0.29) is 5.91 Å². The fourth-order valence-electron chi connectivity index (χ4n) is 3.98. The van der Waals surface area contributed by atoms with Gasteiger partial charge in [0, 0.05) is 44.2 Å². The van der Waals surface area contributed by atoms with E-state index in [1.165, 1.54) is 4.70 Å². The van der Waals surface area contributed by atoms with Crippen LogP contribution in [0.15, 0.2) is 72.2 Å². The highest BCUT2D eigenvalue weighted by Gasteiger charge is 2.22. The fourth-order valence-corrected chi connectivity index (χ4v) is 4.79. The summed E-state index contributed by atoms with van der Waals surface area (Å²) in [5, 5.41) is 1.05. The lowest BCUT2D eigenvalue weighted by Gasteiger charge is -2.36. The molecule has 3 aliphatic heterocycles. The lowest BCUT2D eigenvalue weighted by atomic mass is 10.0. The third-order valence-corrected chi connectivity index (χ3v) is 6.67. The number of fused-ring (bicyclic) bond motifs is 2. The lowest BCUT2D eigenvalue weighted by molar-refractivity contribution is -0.122. The van der Waals surface area contributed by atoms with Crippen LogP contribution < -0.4 is 0 Å². The molecule has 1 aromatic heterocycles. The van der Waals surface area contributed by atoms with Gasteiger partial charge in [-0.05, 0) is 55.5 Å². The SMILES string of the molecule is Cc1nc2cc(C3=CC(=O)N4C=C(N5CCN(C)CC5)C=C/C4=C\C=C3)ccc2s1. The first-order chi connectivity index (χ1) is 14.6. The summed E-state index contributed by atoms with van der Waals surface area (Å²) in [6.07, 6.45) is 13.8. The Hall–Kier alpha value is -2.96. The highest BCUT2D eigenvalue weighted by molar-refractivity contribution is 7.18. The molecular weight excluding hydrogens is 392 g/mol. The summed E-state index contributed by atoms with van der Waals surface area (Å²) in [5.41, 5.74) is 4.85. The van der Waals surface area contributed by atoms with Crippen LogP contribution in [-0.2, 0) is 4.79 Å². The van der Waals surface area contributed by atoms with E-state index in [0.29, 0.717) is 0 Å². The zero-order valence-electron chi connectivity index (χ0n) is 17.2. The maximum absolute atomic E-state index is 13.2. The normalized spacial score (nSPS) is 21.7. The summed E-state index contributed by atoms with van der Waals surface area (Å²) in [4.78, 5) is 24.2. The van der Waals surface area contributed by atoms with E-state index < -0.39 is 0 Å². The van der Waals surface area contributed by atoms with Gasteiger partial charge >= 0.3 is 0 Å². The van der Waals surface area contributed by atoms with Crippen molar-refractivity contribution in [3.05, 3.63) is 82.8 Å². The number of likely N-dealkylation sites (N-methyl/N-ethyl adjacent to an activating group) is 1. The molecule has 0 bridgehead atoms. The van der Waals surface area contributed by atoms with Crippen molar-refractivity contribution in [2.45, 2.75) is 6.92 Å². The third-order valence-electron chi connectivity index (χ3n) is 5.72. The smallest absolute Gasteiger partial charge is 0.255 e. The summed E-state index contributed by atoms with van der Waals surface area (Å²) in [7, 11) is 2.15. The molecule has 0 radical (unpaired) electrons. The Balaban J connectivity index is 1.46. The number of amides is 1. The van der Waals surface area contributed by atoms with Crippen molar-refractivity contribution < 1.29 is 4.79 Å². The molecule has 0 aliphatic carbocycles. The van der Waals surface area contributed by atoms with Crippen molar-refractivity contribution in [3.63, 3.8) is 0 Å². The van der Waals surface area contributed by atoms with E-state index in [1.54, 1.807) is 22.3 Å². The highest BCUT2D eigenvalue weighted by atomic mass is 32.1. The maximum atomic E-state index is 13.2. The number of nitrogens with zero attached hydrogens (tertiary/aromatic N) is 4. The second-order valence-corrected chi connectivity index (χ2v) is 9.09. The molecule has 152 valence electrons. The van der Waals surface area contributed by atoms with Crippen molar-refractivity contribution >= 4 is 33.0 Å². The number of piperazine rings is 1. The average molecular weight is 417 g/mol. The second-order valence-electron chi connectivity index (χ2n) is 7.85. The van der Waals surface area contributed by atoms with Crippen molar-refractivity contribution in [1.29, 1.82) is 0 Å². The first-order valence-electron chi connectivity index (χ1n) is 10.2. The molecule has 4 heterocycles. The minimum Gasteiger partial charge on any atom is -0.368 e. The molecule has 0 N–H and O–H groups in total. The quantitative estimate of drug-likeness (QED) is 0.744. The van der Waals surface area contributed by atoms with Crippen LogP contribution in [0.25, 0.3) is 15.8 Å². The Morgan fingerprint density at radius 2 is 1.83 bits per heavy atom. The zero-order valence-corrected chi connectivity index (χ0v) is 18.0. The standard InChI is InChI=1S/C24H24N4OS/c1-17-25-22-14-19(6-9-23(22)30-17)18-4-3-5-20-7-8-21(16-28(20)24(29)15-18)27-12-10-26(2)11-13-27/h3-9,14-16H,10-13H2,1-2H3/b4-3?,18-15?,20-5+. The molecular formula is C24H24N4OS. The van der Waals surface area contributed by atoms with Gasteiger partial charge in [0.15, 0.2) is 0 Å². The Morgan fingerprint density at radius 3 is 2.67 bits per heavy atom. The predicted molar refractivity (Wildman–Crippen MR) is 123 cm³/mol. The molecule has 5 rings (SSSR count). The van der Waals surface area contributed by atoms with Crippen LogP contribution in [0.4, 0.5) is 0 Å². The van der Waals surface area contributed by atoms with Crippen molar-refractivity contribution in [2.24, 2.45) is 0 Å². The summed E-state index contributed by atoms with van der Waals surface area (Å²) in [6.45, 7) is 6.04. The number of thiazole rings is 1. The largest absolute Gasteiger partial charge is 0.368 e. The molecule has 6 heteroatoms. The van der Waals surface area contributed by atoms with E-state index in [9.17, 15) is 4.79 Å². The van der Waals surface area contributed by atoms with Gasteiger partial charge in [-0.1, -0.05) is 18.2 Å². The Labute approximate surface area is 180 Å². The van der Waals surface area contributed by atoms with Crippen LogP contribution in [0, 0.1) is 6.92 Å². The maximum Gasteiger partial charge on any atom is 0.255 e. The number of rotatable bonds is 2. The summed E-state index contributed by atoms with van der Waals surface area (Å²) in [6, 6.07) is 6.22. The van der Waals surface area contributed by atoms with E-state index in [1.807, 2.05) is 37.4 Å². The summed E-state index contributed by atoms with van der Waals surface area (Å²) < 4.78 is 1.17. The fraction of sp³-hybridized carbons (Fsp3) is 0.250. The Morgan fingerprint density at radius 1 is 1.03 bits per heavy atom. The van der Waals surface area contributed by atoms with Crippen molar-refractivity contribution in [3.8, 4) is 0 Å². The van der Waals surface area contributed by atoms with Crippen LogP contribution >= 0.6 is 11.3 Å². The minimum atomic E-state index is -0.0360. The molecule has 0 spiro atoms. The topological polar surface area (TPSA) is 39.7 Å². The van der Waals surface area contributed by atoms with E-state index >= 15 is 0 Å². The van der Waals surface area contributed by atoms with Crippen LogP contribution in [0.3, 0.4) is 0 Å². The summed E-state index contributed by atoms with van der Waals surface area (Å²) in [5.74, 6) is -0.0360. The van der Waals surface area contributed by atoms with Gasteiger partial charge < -0.3 is 9.80 Å². The van der Waals surface area contributed by atoms with Gasteiger partial charge in [0.05, 0.1) is 20.9 Å². The molecule has 0 atom stereocenters.